The van der Waals surface area contributed by atoms with Gasteiger partial charge in [-0.15, -0.1) is 0 Å². The molecule has 2 unspecified atom stereocenters. The summed E-state index contributed by atoms with van der Waals surface area (Å²) in [5, 5.41) is 11.9. The molecule has 0 saturated carbocycles. The molecule has 39 heavy (non-hydrogen) atoms. The summed E-state index contributed by atoms with van der Waals surface area (Å²) in [5.41, 5.74) is -1.13. The zero-order valence-corrected chi connectivity index (χ0v) is 21.0. The molecule has 3 rings (SSSR count). The second-order valence-electron chi connectivity index (χ2n) is 8.68. The number of hydrogen-bond donors (Lipinski definition) is 2. The Morgan fingerprint density at radius 1 is 1.13 bits per heavy atom. The maximum absolute atomic E-state index is 13.7. The average molecular weight is 551 g/mol. The van der Waals surface area contributed by atoms with Crippen LogP contribution in [0.25, 0.3) is 11.4 Å². The van der Waals surface area contributed by atoms with Crippen LogP contribution in [0.15, 0.2) is 59.7 Å². The largest absolute Gasteiger partial charge is 0.452 e. The van der Waals surface area contributed by atoms with Gasteiger partial charge in [0, 0.05) is 11.8 Å². The van der Waals surface area contributed by atoms with Crippen LogP contribution in [0.2, 0.25) is 0 Å². The molecule has 0 aliphatic carbocycles. The molecule has 2 atom stereocenters. The minimum Gasteiger partial charge on any atom is -0.452 e. The molecule has 0 spiro atoms. The molecule has 1 aromatic carbocycles. The lowest BCUT2D eigenvalue weighted by Crippen LogP contribution is -2.53. The van der Waals surface area contributed by atoms with Crippen molar-refractivity contribution in [2.45, 2.75) is 38.7 Å². The number of nitrogens with zero attached hydrogens (tertiary/aromatic N) is 4. The number of carbonyl (C=O) groups is 2. The number of halogens is 4. The summed E-state index contributed by atoms with van der Waals surface area (Å²) < 4.78 is 58.7. The Hall–Kier alpha value is -4.33. The van der Waals surface area contributed by atoms with Crippen LogP contribution >= 0.6 is 0 Å². The fourth-order valence-corrected chi connectivity index (χ4v) is 3.69. The first-order valence-corrected chi connectivity index (χ1v) is 11.5. The van der Waals surface area contributed by atoms with Crippen molar-refractivity contribution in [2.24, 2.45) is 5.92 Å². The van der Waals surface area contributed by atoms with Gasteiger partial charge in [0.15, 0.2) is 6.10 Å². The van der Waals surface area contributed by atoms with Crippen molar-refractivity contribution in [1.29, 1.82) is 0 Å². The highest BCUT2D eigenvalue weighted by Crippen LogP contribution is 2.26. The number of alkyl halides is 3. The van der Waals surface area contributed by atoms with Gasteiger partial charge in [0.1, 0.15) is 29.7 Å². The Bertz CT molecular complexity index is 1360. The number of benzene rings is 1. The number of aliphatic hydroxyl groups is 1. The van der Waals surface area contributed by atoms with Crippen LogP contribution in [0.4, 0.5) is 33.9 Å². The first-order chi connectivity index (χ1) is 18.3. The van der Waals surface area contributed by atoms with Crippen molar-refractivity contribution in [1.82, 2.24) is 19.9 Å². The molecule has 2 amide bonds. The second kappa shape index (κ2) is 12.0. The number of rotatable bonds is 8. The number of pyridine rings is 1. The van der Waals surface area contributed by atoms with Gasteiger partial charge in [-0.1, -0.05) is 19.9 Å². The van der Waals surface area contributed by atoms with Gasteiger partial charge in [0.25, 0.3) is 5.56 Å². The zero-order valence-electron chi connectivity index (χ0n) is 21.0. The summed E-state index contributed by atoms with van der Waals surface area (Å²) in [7, 11) is 1.07. The van der Waals surface area contributed by atoms with Gasteiger partial charge in [-0.2, -0.15) is 13.2 Å². The molecule has 0 saturated heterocycles. The van der Waals surface area contributed by atoms with Gasteiger partial charge in [-0.3, -0.25) is 14.2 Å². The number of aliphatic hydroxyl groups excluding tert-OH is 1. The molecular weight excluding hydrogens is 526 g/mol. The number of ether oxygens (including phenoxy) is 1. The number of amides is 2. The molecule has 0 bridgehead atoms. The van der Waals surface area contributed by atoms with E-state index in [0.29, 0.717) is 0 Å². The predicted octanol–water partition coefficient (Wildman–Crippen LogP) is 3.41. The summed E-state index contributed by atoms with van der Waals surface area (Å²) in [6.45, 7) is 1.90. The van der Waals surface area contributed by atoms with Gasteiger partial charge < -0.3 is 15.2 Å². The van der Waals surface area contributed by atoms with Crippen LogP contribution in [0, 0.1) is 11.7 Å². The predicted molar refractivity (Wildman–Crippen MR) is 132 cm³/mol. The van der Waals surface area contributed by atoms with Gasteiger partial charge >= 0.3 is 12.3 Å². The first kappa shape index (κ1) is 29.2. The Morgan fingerprint density at radius 3 is 2.33 bits per heavy atom. The van der Waals surface area contributed by atoms with Crippen LogP contribution in [0.3, 0.4) is 0 Å². The third kappa shape index (κ3) is 6.76. The van der Waals surface area contributed by atoms with Crippen LogP contribution in [0.1, 0.15) is 13.8 Å². The Labute approximate surface area is 219 Å². The lowest BCUT2D eigenvalue weighted by molar-refractivity contribution is -0.215. The van der Waals surface area contributed by atoms with Crippen molar-refractivity contribution in [3.8, 4) is 11.4 Å². The van der Waals surface area contributed by atoms with Gasteiger partial charge in [-0.25, -0.2) is 24.1 Å². The maximum atomic E-state index is 13.7. The van der Waals surface area contributed by atoms with Crippen molar-refractivity contribution in [3.63, 3.8) is 0 Å². The Morgan fingerprint density at radius 2 is 1.79 bits per heavy atom. The van der Waals surface area contributed by atoms with Crippen molar-refractivity contribution >= 4 is 23.5 Å². The quantitative estimate of drug-likeness (QED) is 0.411. The minimum atomic E-state index is -5.01. The number of hydrogen-bond acceptors (Lipinski definition) is 7. The van der Waals surface area contributed by atoms with Gasteiger partial charge in [0.2, 0.25) is 5.91 Å². The van der Waals surface area contributed by atoms with Crippen molar-refractivity contribution in [2.75, 3.05) is 12.0 Å². The smallest absolute Gasteiger partial charge is 0.420 e. The van der Waals surface area contributed by atoms with Gasteiger partial charge in [-0.05, 0) is 42.3 Å². The SMILES string of the molecule is COC(=O)N(c1ccccn1)c1cnc(-c2ccc(F)cc2)n(CC(=O)NC(C(C)C)C(O)C(F)(F)F)c1=O. The third-order valence-corrected chi connectivity index (χ3v) is 5.63. The van der Waals surface area contributed by atoms with E-state index in [2.05, 4.69) is 15.3 Å². The highest BCUT2D eigenvalue weighted by atomic mass is 19.4. The van der Waals surface area contributed by atoms with E-state index < -0.39 is 54.2 Å². The van der Waals surface area contributed by atoms with Crippen LogP contribution in [-0.4, -0.2) is 57.1 Å². The summed E-state index contributed by atoms with van der Waals surface area (Å²) in [5.74, 6) is -2.62. The summed E-state index contributed by atoms with van der Waals surface area (Å²) in [4.78, 5) is 48.3. The standard InChI is InChI=1S/C25H25F4N5O5/c1-14(2)20(21(36)25(27,28)29)32-19(35)13-33-22(15-7-9-16(26)10-8-15)31-12-17(23(33)37)34(24(38)39-3)18-6-4-5-11-30-18/h4-12,14,20-21,36H,13H2,1-3H3,(H,32,35). The molecule has 2 aromatic heterocycles. The van der Waals surface area contributed by atoms with E-state index in [-0.39, 0.29) is 22.9 Å². The molecule has 0 aliphatic heterocycles. The molecule has 0 fully saturated rings. The van der Waals surface area contributed by atoms with Crippen LogP contribution in [0.5, 0.6) is 0 Å². The van der Waals surface area contributed by atoms with E-state index in [0.717, 1.165) is 34.9 Å². The van der Waals surface area contributed by atoms with E-state index in [9.17, 15) is 37.1 Å². The number of nitrogens with one attached hydrogen (secondary N) is 1. The molecule has 0 aliphatic rings. The lowest BCUT2D eigenvalue weighted by atomic mass is 9.98. The minimum absolute atomic E-state index is 0.0121. The molecule has 10 nitrogen and oxygen atoms in total. The Kier molecular flexibility index (Phi) is 9.01. The summed E-state index contributed by atoms with van der Waals surface area (Å²) in [6, 6.07) is 7.54. The monoisotopic (exact) mass is 551 g/mol. The molecule has 208 valence electrons. The maximum Gasteiger partial charge on any atom is 0.420 e. The summed E-state index contributed by atoms with van der Waals surface area (Å²) >= 11 is 0. The van der Waals surface area contributed by atoms with Crippen LogP contribution in [-0.2, 0) is 16.1 Å². The number of carbonyl (C=O) groups excluding carboxylic acids is 2. The summed E-state index contributed by atoms with van der Waals surface area (Å²) in [6.07, 6.45) is -6.49. The highest BCUT2D eigenvalue weighted by molar-refractivity contribution is 5.94. The van der Waals surface area contributed by atoms with Crippen LogP contribution < -0.4 is 15.8 Å². The second-order valence-corrected chi connectivity index (χ2v) is 8.68. The molecule has 2 N–H and O–H groups in total. The van der Waals surface area contributed by atoms with Gasteiger partial charge in [0.05, 0.1) is 19.3 Å². The van der Waals surface area contributed by atoms with E-state index in [1.807, 2.05) is 0 Å². The van der Waals surface area contributed by atoms with Crippen molar-refractivity contribution in [3.05, 3.63) is 71.0 Å². The first-order valence-electron chi connectivity index (χ1n) is 11.5. The van der Waals surface area contributed by atoms with Crippen molar-refractivity contribution < 1.29 is 37.0 Å². The lowest BCUT2D eigenvalue weighted by Gasteiger charge is -2.29. The molecule has 14 heteroatoms. The number of aromatic nitrogens is 3. The number of anilines is 2. The fourth-order valence-electron chi connectivity index (χ4n) is 3.69. The zero-order chi connectivity index (χ0) is 28.9. The molecule has 2 heterocycles. The molecule has 0 radical (unpaired) electrons. The molecular formula is C25H25F4N5O5. The molecule has 3 aromatic rings. The Balaban J connectivity index is 2.12. The van der Waals surface area contributed by atoms with E-state index in [4.69, 9.17) is 4.74 Å². The third-order valence-electron chi connectivity index (χ3n) is 5.63. The average Bonchev–Trinajstić information content (AvgIpc) is 2.89. The number of methoxy groups -OCH3 is 1. The highest BCUT2D eigenvalue weighted by Gasteiger charge is 2.45. The van der Waals surface area contributed by atoms with E-state index in [1.54, 1.807) is 12.1 Å². The fraction of sp³-hybridized carbons (Fsp3) is 0.320. The van der Waals surface area contributed by atoms with E-state index in [1.165, 1.54) is 38.2 Å². The normalized spacial score (nSPS) is 13.1. The van der Waals surface area contributed by atoms with E-state index >= 15 is 0 Å². The topological polar surface area (TPSA) is 127 Å².